The third-order valence-corrected chi connectivity index (χ3v) is 1.76. The standard InChI is InChI=1S/C12H20O/c1-2-3-4-5-6-7-8-9-10-11-12-13/h3-4,8-9,12H,2,5-7,10-11H2,1H3/b4-3+,9-8-. The predicted molar refractivity (Wildman–Crippen MR) is 57.7 cm³/mol. The summed E-state index contributed by atoms with van der Waals surface area (Å²) in [6, 6.07) is 0. The highest BCUT2D eigenvalue weighted by atomic mass is 16.1. The van der Waals surface area contributed by atoms with Crippen LogP contribution in [0.4, 0.5) is 0 Å². The Bertz CT molecular complexity index is 157. The van der Waals surface area contributed by atoms with E-state index in [0.29, 0.717) is 6.42 Å². The molecular formula is C12H20O. The van der Waals surface area contributed by atoms with E-state index in [1.807, 2.05) is 0 Å². The lowest BCUT2D eigenvalue weighted by Gasteiger charge is -1.89. The van der Waals surface area contributed by atoms with Gasteiger partial charge in [0.15, 0.2) is 0 Å². The first-order valence-electron chi connectivity index (χ1n) is 5.15. The van der Waals surface area contributed by atoms with Gasteiger partial charge in [0.25, 0.3) is 0 Å². The summed E-state index contributed by atoms with van der Waals surface area (Å²) < 4.78 is 0. The molecule has 74 valence electrons. The van der Waals surface area contributed by atoms with Crippen LogP contribution in [0.15, 0.2) is 24.3 Å². The summed E-state index contributed by atoms with van der Waals surface area (Å²) >= 11 is 0. The van der Waals surface area contributed by atoms with Crippen molar-refractivity contribution in [1.82, 2.24) is 0 Å². The number of hydrogen-bond donors (Lipinski definition) is 0. The molecule has 0 fully saturated rings. The Kier molecular flexibility index (Phi) is 10.4. The zero-order valence-electron chi connectivity index (χ0n) is 8.54. The SMILES string of the molecule is CC/C=C/CCC/C=C\CCC=O. The van der Waals surface area contributed by atoms with Crippen LogP contribution < -0.4 is 0 Å². The van der Waals surface area contributed by atoms with Crippen LogP contribution in [0, 0.1) is 0 Å². The number of carbonyl (C=O) groups excluding carboxylic acids is 1. The molecule has 0 aromatic rings. The van der Waals surface area contributed by atoms with Crippen molar-refractivity contribution in [3.63, 3.8) is 0 Å². The van der Waals surface area contributed by atoms with Crippen molar-refractivity contribution in [1.29, 1.82) is 0 Å². The zero-order chi connectivity index (χ0) is 9.78. The summed E-state index contributed by atoms with van der Waals surface area (Å²) in [7, 11) is 0. The molecular weight excluding hydrogens is 160 g/mol. The van der Waals surface area contributed by atoms with Gasteiger partial charge in [-0.05, 0) is 32.1 Å². The molecule has 0 amide bonds. The Morgan fingerprint density at radius 1 is 0.846 bits per heavy atom. The minimum Gasteiger partial charge on any atom is -0.303 e. The van der Waals surface area contributed by atoms with Crippen LogP contribution in [-0.4, -0.2) is 6.29 Å². The van der Waals surface area contributed by atoms with Crippen LogP contribution >= 0.6 is 0 Å². The third-order valence-electron chi connectivity index (χ3n) is 1.76. The van der Waals surface area contributed by atoms with E-state index < -0.39 is 0 Å². The zero-order valence-corrected chi connectivity index (χ0v) is 8.54. The molecule has 0 aromatic carbocycles. The lowest BCUT2D eigenvalue weighted by atomic mass is 10.2. The molecule has 1 nitrogen and oxygen atoms in total. The molecule has 0 saturated carbocycles. The number of allylic oxidation sites excluding steroid dienone is 4. The number of aldehydes is 1. The molecule has 13 heavy (non-hydrogen) atoms. The van der Waals surface area contributed by atoms with Gasteiger partial charge in [-0.1, -0.05) is 31.2 Å². The Morgan fingerprint density at radius 2 is 1.46 bits per heavy atom. The number of unbranched alkanes of at least 4 members (excludes halogenated alkanes) is 3. The summed E-state index contributed by atoms with van der Waals surface area (Å²) in [6.45, 7) is 2.15. The second-order valence-corrected chi connectivity index (χ2v) is 3.03. The molecule has 0 atom stereocenters. The van der Waals surface area contributed by atoms with Gasteiger partial charge in [-0.2, -0.15) is 0 Å². The van der Waals surface area contributed by atoms with E-state index in [9.17, 15) is 4.79 Å². The Morgan fingerprint density at radius 3 is 2.08 bits per heavy atom. The van der Waals surface area contributed by atoms with Crippen molar-refractivity contribution >= 4 is 6.29 Å². The maximum Gasteiger partial charge on any atom is 0.120 e. The van der Waals surface area contributed by atoms with Gasteiger partial charge in [-0.15, -0.1) is 0 Å². The van der Waals surface area contributed by atoms with E-state index in [1.165, 1.54) is 12.8 Å². The van der Waals surface area contributed by atoms with E-state index >= 15 is 0 Å². The van der Waals surface area contributed by atoms with E-state index in [4.69, 9.17) is 0 Å². The van der Waals surface area contributed by atoms with Crippen LogP contribution in [0.3, 0.4) is 0 Å². The molecule has 0 radical (unpaired) electrons. The van der Waals surface area contributed by atoms with Crippen molar-refractivity contribution in [2.75, 3.05) is 0 Å². The summed E-state index contributed by atoms with van der Waals surface area (Å²) in [5, 5.41) is 0. The van der Waals surface area contributed by atoms with Crippen molar-refractivity contribution in [2.45, 2.75) is 45.4 Å². The van der Waals surface area contributed by atoms with Crippen molar-refractivity contribution in [3.05, 3.63) is 24.3 Å². The van der Waals surface area contributed by atoms with Gasteiger partial charge in [-0.25, -0.2) is 0 Å². The molecule has 0 aromatic heterocycles. The van der Waals surface area contributed by atoms with Crippen molar-refractivity contribution < 1.29 is 4.79 Å². The van der Waals surface area contributed by atoms with Crippen LogP contribution in [0.2, 0.25) is 0 Å². The molecule has 0 heterocycles. The third kappa shape index (κ3) is 11.1. The first kappa shape index (κ1) is 12.2. The van der Waals surface area contributed by atoms with Gasteiger partial charge in [-0.3, -0.25) is 0 Å². The molecule has 0 unspecified atom stereocenters. The molecule has 0 aliphatic carbocycles. The molecule has 0 saturated heterocycles. The molecule has 0 aliphatic rings. The highest BCUT2D eigenvalue weighted by Crippen LogP contribution is 1.99. The van der Waals surface area contributed by atoms with Crippen LogP contribution in [0.1, 0.15) is 45.4 Å². The molecule has 0 N–H and O–H groups in total. The van der Waals surface area contributed by atoms with Gasteiger partial charge in [0.1, 0.15) is 6.29 Å². The Labute approximate surface area is 81.5 Å². The van der Waals surface area contributed by atoms with Gasteiger partial charge in [0.2, 0.25) is 0 Å². The Balaban J connectivity index is 3.10. The lowest BCUT2D eigenvalue weighted by molar-refractivity contribution is -0.107. The van der Waals surface area contributed by atoms with Crippen molar-refractivity contribution in [2.24, 2.45) is 0 Å². The fourth-order valence-electron chi connectivity index (χ4n) is 1.04. The van der Waals surface area contributed by atoms with E-state index in [-0.39, 0.29) is 0 Å². The first-order valence-corrected chi connectivity index (χ1v) is 5.15. The summed E-state index contributed by atoms with van der Waals surface area (Å²) in [5.41, 5.74) is 0. The number of carbonyl (C=O) groups is 1. The smallest absolute Gasteiger partial charge is 0.120 e. The average molecular weight is 180 g/mol. The second kappa shape index (κ2) is 11.2. The second-order valence-electron chi connectivity index (χ2n) is 3.03. The van der Waals surface area contributed by atoms with Gasteiger partial charge in [0, 0.05) is 6.42 Å². The quantitative estimate of drug-likeness (QED) is 0.316. The highest BCUT2D eigenvalue weighted by molar-refractivity contribution is 5.49. The molecule has 0 spiro atoms. The fourth-order valence-corrected chi connectivity index (χ4v) is 1.04. The summed E-state index contributed by atoms with van der Waals surface area (Å²) in [6.07, 6.45) is 15.9. The van der Waals surface area contributed by atoms with E-state index in [1.54, 1.807) is 0 Å². The minimum atomic E-state index is 0.659. The number of rotatable bonds is 8. The lowest BCUT2D eigenvalue weighted by Crippen LogP contribution is -1.72. The largest absolute Gasteiger partial charge is 0.303 e. The molecule has 0 rings (SSSR count). The summed E-state index contributed by atoms with van der Waals surface area (Å²) in [5.74, 6) is 0. The average Bonchev–Trinajstić information content (AvgIpc) is 2.16. The predicted octanol–water partition coefficient (Wildman–Crippen LogP) is 3.66. The minimum absolute atomic E-state index is 0.659. The van der Waals surface area contributed by atoms with Gasteiger partial charge < -0.3 is 4.79 Å². The van der Waals surface area contributed by atoms with Crippen LogP contribution in [-0.2, 0) is 4.79 Å². The topological polar surface area (TPSA) is 17.1 Å². The van der Waals surface area contributed by atoms with Crippen LogP contribution in [0.25, 0.3) is 0 Å². The van der Waals surface area contributed by atoms with Gasteiger partial charge in [0.05, 0.1) is 0 Å². The molecule has 0 bridgehead atoms. The van der Waals surface area contributed by atoms with Gasteiger partial charge >= 0.3 is 0 Å². The summed E-state index contributed by atoms with van der Waals surface area (Å²) in [4.78, 5) is 9.97. The highest BCUT2D eigenvalue weighted by Gasteiger charge is 1.81. The van der Waals surface area contributed by atoms with Crippen molar-refractivity contribution in [3.8, 4) is 0 Å². The van der Waals surface area contributed by atoms with E-state index in [0.717, 1.165) is 25.5 Å². The monoisotopic (exact) mass is 180 g/mol. The molecule has 0 aliphatic heterocycles. The molecule has 1 heteroatoms. The maximum absolute atomic E-state index is 9.97. The Hall–Kier alpha value is -0.850. The first-order chi connectivity index (χ1) is 6.41. The van der Waals surface area contributed by atoms with E-state index in [2.05, 4.69) is 31.2 Å². The number of hydrogen-bond acceptors (Lipinski definition) is 1. The normalized spacial score (nSPS) is 11.5. The maximum atomic E-state index is 9.97. The van der Waals surface area contributed by atoms with Crippen LogP contribution in [0.5, 0.6) is 0 Å². The fraction of sp³-hybridized carbons (Fsp3) is 0.583.